The highest BCUT2D eigenvalue weighted by atomic mass is 16.5. The first-order valence-corrected chi connectivity index (χ1v) is 7.36. The fraction of sp³-hybridized carbons (Fsp3) is 0.111. The van der Waals surface area contributed by atoms with Crippen molar-refractivity contribution in [2.75, 3.05) is 12.8 Å². The molecule has 4 rings (SSSR count). The van der Waals surface area contributed by atoms with Crippen molar-refractivity contribution in [2.45, 2.75) is 6.92 Å². The summed E-state index contributed by atoms with van der Waals surface area (Å²) >= 11 is 0. The van der Waals surface area contributed by atoms with E-state index in [4.69, 9.17) is 10.5 Å². The van der Waals surface area contributed by atoms with Gasteiger partial charge in [-0.1, -0.05) is 18.2 Å². The molecule has 2 heterocycles. The molecule has 0 saturated heterocycles. The number of ether oxygens (including phenoxy) is 1. The standard InChI is InChI=1S/C18H16N4O/c1-11-9-17-20-21-18(12-7-8-16(23-2)14(19)10-12)22(17)15-6-4-3-5-13(11)15/h3-10H,19H2,1-2H3. The number of pyridine rings is 1. The van der Waals surface area contributed by atoms with Crippen LogP contribution in [-0.2, 0) is 0 Å². The highest BCUT2D eigenvalue weighted by Crippen LogP contribution is 2.30. The van der Waals surface area contributed by atoms with Crippen LogP contribution in [0.5, 0.6) is 5.75 Å². The zero-order valence-corrected chi connectivity index (χ0v) is 12.9. The van der Waals surface area contributed by atoms with Crippen LogP contribution in [0, 0.1) is 6.92 Å². The molecule has 0 radical (unpaired) electrons. The second kappa shape index (κ2) is 4.98. The maximum absolute atomic E-state index is 6.04. The van der Waals surface area contributed by atoms with Gasteiger partial charge in [0.2, 0.25) is 0 Å². The number of aromatic nitrogens is 3. The Hall–Kier alpha value is -3.08. The summed E-state index contributed by atoms with van der Waals surface area (Å²) < 4.78 is 7.28. The molecule has 0 bridgehead atoms. The van der Waals surface area contributed by atoms with Gasteiger partial charge in [-0.2, -0.15) is 0 Å². The van der Waals surface area contributed by atoms with Crippen LogP contribution >= 0.6 is 0 Å². The van der Waals surface area contributed by atoms with Gasteiger partial charge in [-0.3, -0.25) is 4.40 Å². The maximum Gasteiger partial charge on any atom is 0.168 e. The molecular formula is C18H16N4O. The molecule has 4 aromatic rings. The van der Waals surface area contributed by atoms with Gasteiger partial charge in [-0.15, -0.1) is 10.2 Å². The fourth-order valence-corrected chi connectivity index (χ4v) is 2.96. The predicted molar refractivity (Wildman–Crippen MR) is 91.6 cm³/mol. The van der Waals surface area contributed by atoms with E-state index in [0.717, 1.165) is 22.6 Å². The van der Waals surface area contributed by atoms with Crippen LogP contribution in [0.2, 0.25) is 0 Å². The van der Waals surface area contributed by atoms with Crippen LogP contribution in [0.25, 0.3) is 27.9 Å². The number of aryl methyl sites for hydroxylation is 1. The highest BCUT2D eigenvalue weighted by Gasteiger charge is 2.13. The molecule has 0 atom stereocenters. The number of para-hydroxylation sites is 1. The molecular weight excluding hydrogens is 288 g/mol. The minimum Gasteiger partial charge on any atom is -0.495 e. The third kappa shape index (κ3) is 2.01. The fourth-order valence-electron chi connectivity index (χ4n) is 2.96. The quantitative estimate of drug-likeness (QED) is 0.576. The average molecular weight is 304 g/mol. The van der Waals surface area contributed by atoms with Gasteiger partial charge >= 0.3 is 0 Å². The van der Waals surface area contributed by atoms with Gasteiger partial charge in [-0.25, -0.2) is 0 Å². The van der Waals surface area contributed by atoms with Crippen molar-refractivity contribution >= 4 is 22.2 Å². The van der Waals surface area contributed by atoms with Crippen molar-refractivity contribution in [3.05, 3.63) is 54.1 Å². The summed E-state index contributed by atoms with van der Waals surface area (Å²) in [5, 5.41) is 9.87. The zero-order valence-electron chi connectivity index (χ0n) is 12.9. The van der Waals surface area contributed by atoms with Crippen LogP contribution in [0.4, 0.5) is 5.69 Å². The lowest BCUT2D eigenvalue weighted by Crippen LogP contribution is -1.96. The van der Waals surface area contributed by atoms with E-state index in [1.807, 2.05) is 36.4 Å². The number of nitrogens with zero attached hydrogens (tertiary/aromatic N) is 3. The third-order valence-electron chi connectivity index (χ3n) is 4.09. The van der Waals surface area contributed by atoms with Crippen molar-refractivity contribution in [1.29, 1.82) is 0 Å². The number of benzene rings is 2. The predicted octanol–water partition coefficient (Wildman–Crippen LogP) is 3.45. The third-order valence-corrected chi connectivity index (χ3v) is 4.09. The largest absolute Gasteiger partial charge is 0.495 e. The Bertz CT molecular complexity index is 1040. The molecule has 0 fully saturated rings. The molecule has 2 aromatic carbocycles. The normalized spacial score (nSPS) is 11.2. The molecule has 2 aromatic heterocycles. The Balaban J connectivity index is 2.05. The van der Waals surface area contributed by atoms with Crippen LogP contribution in [0.15, 0.2) is 48.5 Å². The molecule has 0 spiro atoms. The van der Waals surface area contributed by atoms with Gasteiger partial charge in [0.1, 0.15) is 5.75 Å². The number of anilines is 1. The van der Waals surface area contributed by atoms with E-state index in [0.29, 0.717) is 11.4 Å². The van der Waals surface area contributed by atoms with Gasteiger partial charge < -0.3 is 10.5 Å². The highest BCUT2D eigenvalue weighted by molar-refractivity contribution is 5.87. The molecule has 0 unspecified atom stereocenters. The molecule has 5 heteroatoms. The first-order valence-electron chi connectivity index (χ1n) is 7.36. The summed E-state index contributed by atoms with van der Waals surface area (Å²) in [5.41, 5.74) is 10.6. The second-order valence-corrected chi connectivity index (χ2v) is 5.52. The molecule has 0 aliphatic rings. The number of nitrogen functional groups attached to an aromatic ring is 1. The van der Waals surface area contributed by atoms with Crippen molar-refractivity contribution in [2.24, 2.45) is 0 Å². The minimum absolute atomic E-state index is 0.582. The van der Waals surface area contributed by atoms with Crippen molar-refractivity contribution in [1.82, 2.24) is 14.6 Å². The summed E-state index contributed by atoms with van der Waals surface area (Å²) in [6, 6.07) is 16.0. The SMILES string of the molecule is COc1ccc(-c2nnc3cc(C)c4ccccc4n23)cc1N. The van der Waals surface area contributed by atoms with E-state index < -0.39 is 0 Å². The molecule has 2 N–H and O–H groups in total. The van der Waals surface area contributed by atoms with E-state index in [2.05, 4.69) is 33.7 Å². The number of nitrogens with two attached hydrogens (primary N) is 1. The van der Waals surface area contributed by atoms with E-state index in [1.165, 1.54) is 10.9 Å². The second-order valence-electron chi connectivity index (χ2n) is 5.52. The van der Waals surface area contributed by atoms with Crippen LogP contribution in [0.1, 0.15) is 5.56 Å². The summed E-state index contributed by atoms with van der Waals surface area (Å²) in [4.78, 5) is 0. The molecule has 0 amide bonds. The molecule has 0 aliphatic carbocycles. The van der Waals surface area contributed by atoms with E-state index >= 15 is 0 Å². The summed E-state index contributed by atoms with van der Waals surface area (Å²) in [5.74, 6) is 1.42. The Morgan fingerprint density at radius 3 is 2.65 bits per heavy atom. The number of rotatable bonds is 2. The average Bonchev–Trinajstić information content (AvgIpc) is 2.99. The number of fused-ring (bicyclic) bond motifs is 3. The Kier molecular flexibility index (Phi) is 2.94. The minimum atomic E-state index is 0.582. The van der Waals surface area contributed by atoms with E-state index in [-0.39, 0.29) is 0 Å². The first-order chi connectivity index (χ1) is 11.2. The van der Waals surface area contributed by atoms with Crippen molar-refractivity contribution in [3.63, 3.8) is 0 Å². The lowest BCUT2D eigenvalue weighted by molar-refractivity contribution is 0.417. The van der Waals surface area contributed by atoms with Crippen LogP contribution < -0.4 is 10.5 Å². The zero-order chi connectivity index (χ0) is 16.0. The van der Waals surface area contributed by atoms with Gasteiger partial charge in [0, 0.05) is 10.9 Å². The monoisotopic (exact) mass is 304 g/mol. The van der Waals surface area contributed by atoms with Gasteiger partial charge in [0.05, 0.1) is 18.3 Å². The van der Waals surface area contributed by atoms with Crippen LogP contribution in [0.3, 0.4) is 0 Å². The Labute approximate surface area is 133 Å². The molecule has 114 valence electrons. The summed E-state index contributed by atoms with van der Waals surface area (Å²) in [7, 11) is 1.61. The summed E-state index contributed by atoms with van der Waals surface area (Å²) in [6.07, 6.45) is 0. The number of hydrogen-bond acceptors (Lipinski definition) is 4. The number of methoxy groups -OCH3 is 1. The number of hydrogen-bond donors (Lipinski definition) is 1. The van der Waals surface area contributed by atoms with Crippen molar-refractivity contribution < 1.29 is 4.74 Å². The maximum atomic E-state index is 6.04. The lowest BCUT2D eigenvalue weighted by atomic mass is 10.1. The van der Waals surface area contributed by atoms with Crippen LogP contribution in [-0.4, -0.2) is 21.7 Å². The molecule has 0 saturated carbocycles. The van der Waals surface area contributed by atoms with Gasteiger partial charge in [0.15, 0.2) is 11.5 Å². The first kappa shape index (κ1) is 13.6. The Morgan fingerprint density at radius 2 is 1.87 bits per heavy atom. The van der Waals surface area contributed by atoms with E-state index in [9.17, 15) is 0 Å². The molecule has 23 heavy (non-hydrogen) atoms. The van der Waals surface area contributed by atoms with E-state index in [1.54, 1.807) is 7.11 Å². The smallest absolute Gasteiger partial charge is 0.168 e. The van der Waals surface area contributed by atoms with Gasteiger partial charge in [-0.05, 0) is 42.8 Å². The topological polar surface area (TPSA) is 65.4 Å². The molecule has 5 nitrogen and oxygen atoms in total. The van der Waals surface area contributed by atoms with Crippen molar-refractivity contribution in [3.8, 4) is 17.1 Å². The molecule has 0 aliphatic heterocycles. The lowest BCUT2D eigenvalue weighted by Gasteiger charge is -2.09. The summed E-state index contributed by atoms with van der Waals surface area (Å²) in [6.45, 7) is 2.09. The Morgan fingerprint density at radius 1 is 1.04 bits per heavy atom. The van der Waals surface area contributed by atoms with Gasteiger partial charge in [0.25, 0.3) is 0 Å².